The van der Waals surface area contributed by atoms with E-state index in [1.165, 1.54) is 0 Å². The van der Waals surface area contributed by atoms with E-state index < -0.39 is 6.10 Å². The van der Waals surface area contributed by atoms with Gasteiger partial charge in [-0.05, 0) is 30.9 Å². The van der Waals surface area contributed by atoms with Crippen LogP contribution >= 0.6 is 0 Å². The van der Waals surface area contributed by atoms with Gasteiger partial charge in [-0.2, -0.15) is 0 Å². The van der Waals surface area contributed by atoms with Crippen LogP contribution in [0.3, 0.4) is 0 Å². The lowest BCUT2D eigenvalue weighted by atomic mass is 10.1. The van der Waals surface area contributed by atoms with Crippen molar-refractivity contribution in [3.8, 4) is 0 Å². The molecule has 19 heavy (non-hydrogen) atoms. The predicted octanol–water partition coefficient (Wildman–Crippen LogP) is 1.13. The molecule has 0 radical (unpaired) electrons. The Balaban J connectivity index is 1.77. The minimum atomic E-state index is -0.440. The molecule has 2 N–H and O–H groups in total. The van der Waals surface area contributed by atoms with Crippen molar-refractivity contribution in [3.63, 3.8) is 0 Å². The lowest BCUT2D eigenvalue weighted by Crippen LogP contribution is -2.33. The van der Waals surface area contributed by atoms with Crippen molar-refractivity contribution < 1.29 is 9.90 Å². The van der Waals surface area contributed by atoms with Crippen LogP contribution in [0.2, 0.25) is 0 Å². The second-order valence-electron chi connectivity index (χ2n) is 4.84. The van der Waals surface area contributed by atoms with Gasteiger partial charge in [0, 0.05) is 18.9 Å². The van der Waals surface area contributed by atoms with Crippen molar-refractivity contribution in [1.82, 2.24) is 15.3 Å². The Kier molecular flexibility index (Phi) is 3.13. The average molecular weight is 257 g/mol. The van der Waals surface area contributed by atoms with E-state index in [9.17, 15) is 9.90 Å². The number of benzene rings is 1. The summed E-state index contributed by atoms with van der Waals surface area (Å²) in [6.07, 6.45) is 4.83. The third kappa shape index (κ3) is 2.56. The molecular weight excluding hydrogens is 242 g/mol. The van der Waals surface area contributed by atoms with Crippen LogP contribution in [0.15, 0.2) is 30.6 Å². The molecule has 3 rings (SSSR count). The van der Waals surface area contributed by atoms with Gasteiger partial charge in [0.25, 0.3) is 5.91 Å². The minimum absolute atomic E-state index is 0.217. The summed E-state index contributed by atoms with van der Waals surface area (Å²) < 4.78 is 0. The number of fused-ring (bicyclic) bond motifs is 1. The van der Waals surface area contributed by atoms with Crippen molar-refractivity contribution in [2.45, 2.75) is 18.9 Å². The maximum Gasteiger partial charge on any atom is 0.253 e. The van der Waals surface area contributed by atoms with Gasteiger partial charge in [0.05, 0.1) is 17.2 Å². The van der Waals surface area contributed by atoms with E-state index in [0.717, 1.165) is 12.8 Å². The smallest absolute Gasteiger partial charge is 0.253 e. The van der Waals surface area contributed by atoms with E-state index in [2.05, 4.69) is 15.3 Å². The topological polar surface area (TPSA) is 75.1 Å². The van der Waals surface area contributed by atoms with Crippen molar-refractivity contribution in [2.24, 2.45) is 5.92 Å². The van der Waals surface area contributed by atoms with Gasteiger partial charge in [-0.1, -0.05) is 6.07 Å². The Morgan fingerprint density at radius 3 is 2.95 bits per heavy atom. The third-order valence-electron chi connectivity index (χ3n) is 3.38. The van der Waals surface area contributed by atoms with Crippen molar-refractivity contribution >= 4 is 16.9 Å². The number of rotatable bonds is 4. The van der Waals surface area contributed by atoms with Crippen LogP contribution in [0.25, 0.3) is 11.0 Å². The average Bonchev–Trinajstić information content (AvgIpc) is 3.28. The molecule has 1 unspecified atom stereocenters. The first kappa shape index (κ1) is 12.0. The number of carbonyl (C=O) groups is 1. The molecule has 1 saturated carbocycles. The number of aromatic nitrogens is 2. The minimum Gasteiger partial charge on any atom is -0.391 e. The summed E-state index contributed by atoms with van der Waals surface area (Å²) in [5.41, 5.74) is 1.77. The highest BCUT2D eigenvalue weighted by Gasteiger charge is 2.29. The first-order valence-corrected chi connectivity index (χ1v) is 6.41. The summed E-state index contributed by atoms with van der Waals surface area (Å²) in [6, 6.07) is 5.32. The molecule has 1 heterocycles. The number of para-hydroxylation sites is 1. The number of carbonyl (C=O) groups excluding carboxylic acids is 1. The summed E-state index contributed by atoms with van der Waals surface area (Å²) in [6.45, 7) is 0.292. The summed E-state index contributed by atoms with van der Waals surface area (Å²) in [5, 5.41) is 12.5. The quantitative estimate of drug-likeness (QED) is 0.861. The van der Waals surface area contributed by atoms with Gasteiger partial charge in [-0.3, -0.25) is 14.8 Å². The van der Waals surface area contributed by atoms with Crippen LogP contribution in [-0.4, -0.2) is 33.6 Å². The summed E-state index contributed by atoms with van der Waals surface area (Å²) in [7, 11) is 0. The maximum atomic E-state index is 12.1. The molecule has 1 fully saturated rings. The van der Waals surface area contributed by atoms with Gasteiger partial charge in [-0.15, -0.1) is 0 Å². The van der Waals surface area contributed by atoms with Crippen molar-refractivity contribution in [1.29, 1.82) is 0 Å². The largest absolute Gasteiger partial charge is 0.391 e. The molecule has 1 aliphatic carbocycles. The lowest BCUT2D eigenvalue weighted by molar-refractivity contribution is 0.0902. The Bertz CT molecular complexity index is 605. The first-order chi connectivity index (χ1) is 9.25. The Labute approximate surface area is 110 Å². The molecule has 1 aromatic carbocycles. The van der Waals surface area contributed by atoms with Gasteiger partial charge >= 0.3 is 0 Å². The lowest BCUT2D eigenvalue weighted by Gasteiger charge is -2.11. The molecule has 5 nitrogen and oxygen atoms in total. The first-order valence-electron chi connectivity index (χ1n) is 6.41. The predicted molar refractivity (Wildman–Crippen MR) is 70.6 cm³/mol. The zero-order valence-electron chi connectivity index (χ0n) is 10.4. The number of hydrogen-bond acceptors (Lipinski definition) is 4. The van der Waals surface area contributed by atoms with E-state index >= 15 is 0 Å². The molecule has 1 aliphatic rings. The summed E-state index contributed by atoms with van der Waals surface area (Å²) in [4.78, 5) is 20.5. The van der Waals surface area contributed by atoms with Crippen molar-refractivity contribution in [2.75, 3.05) is 6.54 Å². The van der Waals surface area contributed by atoms with Crippen LogP contribution in [0.4, 0.5) is 0 Å². The van der Waals surface area contributed by atoms with E-state index in [4.69, 9.17) is 0 Å². The van der Waals surface area contributed by atoms with Gasteiger partial charge in [0.1, 0.15) is 5.52 Å². The highest BCUT2D eigenvalue weighted by atomic mass is 16.3. The molecule has 5 heteroatoms. The SMILES string of the molecule is O=C(NCC(O)C1CC1)c1cccc2nccnc12. The zero-order valence-corrected chi connectivity index (χ0v) is 10.4. The molecule has 0 aliphatic heterocycles. The number of aliphatic hydroxyl groups is 1. The molecule has 98 valence electrons. The molecule has 1 atom stereocenters. The van der Waals surface area contributed by atoms with Gasteiger partial charge in [0.15, 0.2) is 0 Å². The second-order valence-corrected chi connectivity index (χ2v) is 4.84. The van der Waals surface area contributed by atoms with Gasteiger partial charge < -0.3 is 10.4 Å². The summed E-state index contributed by atoms with van der Waals surface area (Å²) >= 11 is 0. The molecular formula is C14H15N3O2. The number of hydrogen-bond donors (Lipinski definition) is 2. The van der Waals surface area contributed by atoms with E-state index in [-0.39, 0.29) is 5.91 Å². The van der Waals surface area contributed by atoms with E-state index in [0.29, 0.717) is 29.1 Å². The summed E-state index contributed by atoms with van der Waals surface area (Å²) in [5.74, 6) is 0.137. The molecule has 1 amide bonds. The van der Waals surface area contributed by atoms with Crippen molar-refractivity contribution in [3.05, 3.63) is 36.2 Å². The fourth-order valence-electron chi connectivity index (χ4n) is 2.12. The fraction of sp³-hybridized carbons (Fsp3) is 0.357. The van der Waals surface area contributed by atoms with Crippen LogP contribution < -0.4 is 5.32 Å². The van der Waals surface area contributed by atoms with Gasteiger partial charge in [-0.25, -0.2) is 0 Å². The normalized spacial score (nSPS) is 16.3. The highest BCUT2D eigenvalue weighted by Crippen LogP contribution is 2.32. The number of nitrogens with one attached hydrogen (secondary N) is 1. The highest BCUT2D eigenvalue weighted by molar-refractivity contribution is 6.04. The molecule has 0 spiro atoms. The molecule has 1 aromatic heterocycles. The number of aliphatic hydroxyl groups excluding tert-OH is 1. The third-order valence-corrected chi connectivity index (χ3v) is 3.38. The Hall–Kier alpha value is -2.01. The van der Waals surface area contributed by atoms with Crippen LogP contribution in [0.5, 0.6) is 0 Å². The van der Waals surface area contributed by atoms with Crippen LogP contribution in [-0.2, 0) is 0 Å². The van der Waals surface area contributed by atoms with Crippen LogP contribution in [0, 0.1) is 5.92 Å². The van der Waals surface area contributed by atoms with Crippen LogP contribution in [0.1, 0.15) is 23.2 Å². The van der Waals surface area contributed by atoms with E-state index in [1.54, 1.807) is 24.5 Å². The molecule has 2 aromatic rings. The van der Waals surface area contributed by atoms with Gasteiger partial charge in [0.2, 0.25) is 0 Å². The second kappa shape index (κ2) is 4.93. The Morgan fingerprint density at radius 1 is 1.37 bits per heavy atom. The fourth-order valence-corrected chi connectivity index (χ4v) is 2.12. The molecule has 0 saturated heterocycles. The maximum absolute atomic E-state index is 12.1. The zero-order chi connectivity index (χ0) is 13.2. The Morgan fingerprint density at radius 2 is 2.16 bits per heavy atom. The monoisotopic (exact) mass is 257 g/mol. The molecule has 0 bridgehead atoms. The number of amides is 1. The standard InChI is InChI=1S/C14H15N3O2/c18-12(9-4-5-9)8-17-14(19)10-2-1-3-11-13(10)16-7-6-15-11/h1-3,6-7,9,12,18H,4-5,8H2,(H,17,19). The number of nitrogens with zero attached hydrogens (tertiary/aromatic N) is 2. The van der Waals surface area contributed by atoms with E-state index in [1.807, 2.05) is 6.07 Å².